The van der Waals surface area contributed by atoms with Crippen molar-refractivity contribution in [1.29, 1.82) is 0 Å². The second-order valence-corrected chi connectivity index (χ2v) is 6.37. The van der Waals surface area contributed by atoms with E-state index in [4.69, 9.17) is 5.73 Å². The number of imidazole rings is 1. The number of hydrogen-bond donors (Lipinski definition) is 1. The lowest BCUT2D eigenvalue weighted by Crippen LogP contribution is -2.40. The standard InChI is InChI=1S/C16H28N4O/c1-12(2)14(9-17)15-10-18-11-20(15)13(3)16(21)19-7-5-4-6-8-19/h10-14H,4-9,17H2,1-3H3. The third kappa shape index (κ3) is 3.46. The van der Waals surface area contributed by atoms with E-state index in [0.717, 1.165) is 31.6 Å². The summed E-state index contributed by atoms with van der Waals surface area (Å²) < 4.78 is 2.01. The van der Waals surface area contributed by atoms with Crippen molar-refractivity contribution in [1.82, 2.24) is 14.5 Å². The van der Waals surface area contributed by atoms with Gasteiger partial charge < -0.3 is 15.2 Å². The number of nitrogens with zero attached hydrogens (tertiary/aromatic N) is 3. The second-order valence-electron chi connectivity index (χ2n) is 6.37. The molecule has 0 aromatic carbocycles. The Labute approximate surface area is 127 Å². The van der Waals surface area contributed by atoms with E-state index >= 15 is 0 Å². The van der Waals surface area contributed by atoms with Crippen LogP contribution in [0.2, 0.25) is 0 Å². The van der Waals surface area contributed by atoms with Crippen molar-refractivity contribution >= 4 is 5.91 Å². The fourth-order valence-corrected chi connectivity index (χ4v) is 3.16. The normalized spacial score (nSPS) is 18.8. The van der Waals surface area contributed by atoms with Gasteiger partial charge in [-0.15, -0.1) is 0 Å². The molecule has 0 spiro atoms. The van der Waals surface area contributed by atoms with E-state index in [2.05, 4.69) is 18.8 Å². The molecule has 1 aromatic heterocycles. The molecule has 118 valence electrons. The molecule has 2 heterocycles. The van der Waals surface area contributed by atoms with Crippen LogP contribution in [0.3, 0.4) is 0 Å². The maximum Gasteiger partial charge on any atom is 0.245 e. The molecule has 2 atom stereocenters. The summed E-state index contributed by atoms with van der Waals surface area (Å²) >= 11 is 0. The lowest BCUT2D eigenvalue weighted by molar-refractivity contribution is -0.135. The van der Waals surface area contributed by atoms with Gasteiger partial charge in [0.15, 0.2) is 0 Å². The number of piperidine rings is 1. The highest BCUT2D eigenvalue weighted by molar-refractivity contribution is 5.80. The fraction of sp³-hybridized carbons (Fsp3) is 0.750. The van der Waals surface area contributed by atoms with E-state index < -0.39 is 0 Å². The average molecular weight is 292 g/mol. The first-order valence-corrected chi connectivity index (χ1v) is 8.06. The van der Waals surface area contributed by atoms with E-state index in [9.17, 15) is 4.79 Å². The van der Waals surface area contributed by atoms with Gasteiger partial charge in [0.25, 0.3) is 0 Å². The van der Waals surface area contributed by atoms with Crippen molar-refractivity contribution in [2.45, 2.75) is 52.0 Å². The van der Waals surface area contributed by atoms with Crippen LogP contribution < -0.4 is 5.73 Å². The molecule has 1 aromatic rings. The SMILES string of the molecule is CC(C)C(CN)c1cncn1C(C)C(=O)N1CCCCC1. The molecule has 1 aliphatic rings. The van der Waals surface area contributed by atoms with Crippen molar-refractivity contribution in [2.24, 2.45) is 11.7 Å². The molecule has 0 bridgehead atoms. The third-order valence-corrected chi connectivity index (χ3v) is 4.58. The van der Waals surface area contributed by atoms with E-state index in [1.54, 1.807) is 6.33 Å². The molecule has 5 heteroatoms. The minimum Gasteiger partial charge on any atom is -0.341 e. The fourth-order valence-electron chi connectivity index (χ4n) is 3.16. The Morgan fingerprint density at radius 2 is 1.95 bits per heavy atom. The van der Waals surface area contributed by atoms with Gasteiger partial charge in [-0.2, -0.15) is 0 Å². The van der Waals surface area contributed by atoms with Gasteiger partial charge in [-0.3, -0.25) is 4.79 Å². The van der Waals surface area contributed by atoms with E-state index in [1.165, 1.54) is 6.42 Å². The van der Waals surface area contributed by atoms with Crippen LogP contribution in [0.4, 0.5) is 0 Å². The summed E-state index contributed by atoms with van der Waals surface area (Å²) in [6, 6.07) is -0.201. The topological polar surface area (TPSA) is 64.1 Å². The monoisotopic (exact) mass is 292 g/mol. The van der Waals surface area contributed by atoms with Gasteiger partial charge in [-0.25, -0.2) is 4.98 Å². The lowest BCUT2D eigenvalue weighted by atomic mass is 9.92. The Hall–Kier alpha value is -1.36. The highest BCUT2D eigenvalue weighted by atomic mass is 16.2. The lowest BCUT2D eigenvalue weighted by Gasteiger charge is -2.31. The maximum atomic E-state index is 12.7. The summed E-state index contributed by atoms with van der Waals surface area (Å²) in [6.45, 7) is 8.64. The molecule has 0 radical (unpaired) electrons. The Bertz CT molecular complexity index is 463. The van der Waals surface area contributed by atoms with Gasteiger partial charge >= 0.3 is 0 Å². The molecule has 21 heavy (non-hydrogen) atoms. The summed E-state index contributed by atoms with van der Waals surface area (Å²) in [4.78, 5) is 18.9. The van der Waals surface area contributed by atoms with Gasteiger partial charge in [0.05, 0.1) is 6.33 Å². The Morgan fingerprint density at radius 1 is 1.29 bits per heavy atom. The van der Waals surface area contributed by atoms with Gasteiger partial charge in [-0.05, 0) is 32.1 Å². The van der Waals surface area contributed by atoms with Crippen molar-refractivity contribution in [3.8, 4) is 0 Å². The van der Waals surface area contributed by atoms with Crippen molar-refractivity contribution in [3.05, 3.63) is 18.2 Å². The van der Waals surface area contributed by atoms with E-state index in [1.807, 2.05) is 22.6 Å². The molecule has 1 fully saturated rings. The summed E-state index contributed by atoms with van der Waals surface area (Å²) in [6.07, 6.45) is 7.10. The van der Waals surface area contributed by atoms with Crippen LogP contribution >= 0.6 is 0 Å². The highest BCUT2D eigenvalue weighted by Gasteiger charge is 2.27. The molecule has 1 saturated heterocycles. The largest absolute Gasteiger partial charge is 0.341 e. The van der Waals surface area contributed by atoms with Crippen LogP contribution in [-0.4, -0.2) is 40.0 Å². The molecular formula is C16H28N4O. The zero-order valence-corrected chi connectivity index (χ0v) is 13.5. The summed E-state index contributed by atoms with van der Waals surface area (Å²) in [5.74, 6) is 0.875. The molecule has 1 amide bonds. The van der Waals surface area contributed by atoms with Gasteiger partial charge in [0.2, 0.25) is 5.91 Å². The van der Waals surface area contributed by atoms with Crippen molar-refractivity contribution in [2.75, 3.05) is 19.6 Å². The van der Waals surface area contributed by atoms with Gasteiger partial charge in [0.1, 0.15) is 6.04 Å². The smallest absolute Gasteiger partial charge is 0.245 e. The Morgan fingerprint density at radius 3 is 2.52 bits per heavy atom. The minimum absolute atomic E-state index is 0.201. The summed E-state index contributed by atoms with van der Waals surface area (Å²) in [5.41, 5.74) is 6.99. The molecule has 2 unspecified atom stereocenters. The summed E-state index contributed by atoms with van der Waals surface area (Å²) in [7, 11) is 0. The number of amides is 1. The molecule has 2 N–H and O–H groups in total. The molecule has 0 saturated carbocycles. The second kappa shape index (κ2) is 7.07. The maximum absolute atomic E-state index is 12.7. The van der Waals surface area contributed by atoms with Crippen LogP contribution in [0.1, 0.15) is 57.7 Å². The van der Waals surface area contributed by atoms with Crippen LogP contribution in [0.25, 0.3) is 0 Å². The van der Waals surface area contributed by atoms with Crippen LogP contribution in [0.15, 0.2) is 12.5 Å². The average Bonchev–Trinajstić information content (AvgIpc) is 2.96. The van der Waals surface area contributed by atoms with Crippen LogP contribution in [0.5, 0.6) is 0 Å². The predicted octanol–water partition coefficient (Wildman–Crippen LogP) is 2.15. The van der Waals surface area contributed by atoms with Crippen LogP contribution in [0, 0.1) is 5.92 Å². The first-order chi connectivity index (χ1) is 10.1. The first kappa shape index (κ1) is 16.0. The quantitative estimate of drug-likeness (QED) is 0.904. The molecule has 2 rings (SSSR count). The number of rotatable bonds is 5. The number of aromatic nitrogens is 2. The van der Waals surface area contributed by atoms with Crippen LogP contribution in [-0.2, 0) is 4.79 Å². The Balaban J connectivity index is 2.17. The van der Waals surface area contributed by atoms with Gasteiger partial charge in [0, 0.05) is 37.4 Å². The minimum atomic E-state index is -0.201. The number of likely N-dealkylation sites (tertiary alicyclic amines) is 1. The summed E-state index contributed by atoms with van der Waals surface area (Å²) in [5, 5.41) is 0. The number of carbonyl (C=O) groups excluding carboxylic acids is 1. The molecule has 0 aliphatic carbocycles. The Kier molecular flexibility index (Phi) is 5.39. The number of nitrogens with two attached hydrogens (primary N) is 1. The van der Waals surface area contributed by atoms with Crippen molar-refractivity contribution < 1.29 is 4.79 Å². The molecule has 5 nitrogen and oxygen atoms in total. The zero-order valence-electron chi connectivity index (χ0n) is 13.5. The highest BCUT2D eigenvalue weighted by Crippen LogP contribution is 2.26. The van der Waals surface area contributed by atoms with E-state index in [-0.39, 0.29) is 17.9 Å². The molecular weight excluding hydrogens is 264 g/mol. The predicted molar refractivity (Wildman–Crippen MR) is 84.0 cm³/mol. The number of hydrogen-bond acceptors (Lipinski definition) is 3. The first-order valence-electron chi connectivity index (χ1n) is 8.06. The van der Waals surface area contributed by atoms with Gasteiger partial charge in [-0.1, -0.05) is 13.8 Å². The third-order valence-electron chi connectivity index (χ3n) is 4.58. The zero-order chi connectivity index (χ0) is 15.4. The number of carbonyl (C=O) groups is 1. The van der Waals surface area contributed by atoms with Crippen molar-refractivity contribution in [3.63, 3.8) is 0 Å². The van der Waals surface area contributed by atoms with E-state index in [0.29, 0.717) is 12.5 Å². The molecule has 1 aliphatic heterocycles.